The van der Waals surface area contributed by atoms with Crippen LogP contribution < -0.4 is 5.32 Å². The van der Waals surface area contributed by atoms with Crippen molar-refractivity contribution in [2.75, 3.05) is 0 Å². The molecule has 4 heteroatoms. The van der Waals surface area contributed by atoms with Crippen LogP contribution in [-0.2, 0) is 0 Å². The topological polar surface area (TPSA) is 66.4 Å². The number of aryl methyl sites for hydroxylation is 1. The van der Waals surface area contributed by atoms with Crippen LogP contribution >= 0.6 is 0 Å². The number of hydrogen-bond donors (Lipinski definition) is 2. The van der Waals surface area contributed by atoms with Gasteiger partial charge in [0.15, 0.2) is 0 Å². The predicted molar refractivity (Wildman–Crippen MR) is 80.5 cm³/mol. The van der Waals surface area contributed by atoms with Gasteiger partial charge in [0.25, 0.3) is 5.91 Å². The zero-order chi connectivity index (χ0) is 15.4. The molecular formula is C17H17NO3. The number of carboxylic acids is 1. The van der Waals surface area contributed by atoms with Crippen molar-refractivity contribution in [3.8, 4) is 0 Å². The highest BCUT2D eigenvalue weighted by Crippen LogP contribution is 2.16. The fourth-order valence-corrected chi connectivity index (χ4v) is 2.16. The van der Waals surface area contributed by atoms with E-state index in [1.165, 1.54) is 12.1 Å². The van der Waals surface area contributed by atoms with Crippen molar-refractivity contribution in [3.63, 3.8) is 0 Å². The Labute approximate surface area is 123 Å². The molecular weight excluding hydrogens is 266 g/mol. The van der Waals surface area contributed by atoms with E-state index in [-0.39, 0.29) is 23.1 Å². The minimum absolute atomic E-state index is 0.00597. The molecule has 0 aliphatic rings. The summed E-state index contributed by atoms with van der Waals surface area (Å²) in [5, 5.41) is 12.0. The Balaban J connectivity index is 2.20. The third kappa shape index (κ3) is 3.48. The van der Waals surface area contributed by atoms with Crippen LogP contribution in [0.15, 0.2) is 48.5 Å². The molecule has 1 amide bonds. The van der Waals surface area contributed by atoms with E-state index in [1.54, 1.807) is 12.1 Å². The largest absolute Gasteiger partial charge is 0.478 e. The number of benzene rings is 2. The van der Waals surface area contributed by atoms with Crippen molar-refractivity contribution in [3.05, 3.63) is 70.8 Å². The van der Waals surface area contributed by atoms with Gasteiger partial charge in [0.2, 0.25) is 0 Å². The lowest BCUT2D eigenvalue weighted by Crippen LogP contribution is -2.28. The molecule has 2 aromatic rings. The summed E-state index contributed by atoms with van der Waals surface area (Å²) in [7, 11) is 0. The summed E-state index contributed by atoms with van der Waals surface area (Å²) < 4.78 is 0. The molecule has 4 nitrogen and oxygen atoms in total. The maximum Gasteiger partial charge on any atom is 0.336 e. The van der Waals surface area contributed by atoms with Crippen LogP contribution in [0.4, 0.5) is 0 Å². The summed E-state index contributed by atoms with van der Waals surface area (Å²) in [6, 6.07) is 13.8. The first-order chi connectivity index (χ1) is 9.99. The maximum absolute atomic E-state index is 12.3. The van der Waals surface area contributed by atoms with Gasteiger partial charge in [-0.3, -0.25) is 4.79 Å². The van der Waals surface area contributed by atoms with Gasteiger partial charge in [-0.25, -0.2) is 4.79 Å². The molecule has 0 unspecified atom stereocenters. The van der Waals surface area contributed by atoms with Crippen molar-refractivity contribution in [2.45, 2.75) is 19.9 Å². The summed E-state index contributed by atoms with van der Waals surface area (Å²) in [4.78, 5) is 23.4. The number of amides is 1. The number of carbonyl (C=O) groups excluding carboxylic acids is 1. The first-order valence-electron chi connectivity index (χ1n) is 6.69. The van der Waals surface area contributed by atoms with Crippen molar-refractivity contribution < 1.29 is 14.7 Å². The average molecular weight is 283 g/mol. The second-order valence-corrected chi connectivity index (χ2v) is 4.96. The Kier molecular flexibility index (Phi) is 4.38. The molecule has 108 valence electrons. The highest BCUT2D eigenvalue weighted by Gasteiger charge is 2.17. The van der Waals surface area contributed by atoms with Crippen molar-refractivity contribution in [2.24, 2.45) is 0 Å². The third-order valence-corrected chi connectivity index (χ3v) is 3.29. The second kappa shape index (κ2) is 6.22. The van der Waals surface area contributed by atoms with E-state index in [1.807, 2.05) is 38.1 Å². The zero-order valence-electron chi connectivity index (χ0n) is 12.0. The van der Waals surface area contributed by atoms with E-state index in [0.29, 0.717) is 0 Å². The fourth-order valence-electron chi connectivity index (χ4n) is 2.16. The van der Waals surface area contributed by atoms with Crippen molar-refractivity contribution in [1.82, 2.24) is 5.32 Å². The normalized spacial score (nSPS) is 11.7. The molecule has 0 heterocycles. The van der Waals surface area contributed by atoms with Gasteiger partial charge >= 0.3 is 5.97 Å². The molecule has 0 aromatic heterocycles. The zero-order valence-corrected chi connectivity index (χ0v) is 12.0. The van der Waals surface area contributed by atoms with E-state index in [2.05, 4.69) is 5.32 Å². The Hall–Kier alpha value is -2.62. The highest BCUT2D eigenvalue weighted by molar-refractivity contribution is 6.04. The van der Waals surface area contributed by atoms with E-state index in [4.69, 9.17) is 5.11 Å². The van der Waals surface area contributed by atoms with E-state index in [9.17, 15) is 9.59 Å². The van der Waals surface area contributed by atoms with Gasteiger partial charge in [-0.05, 0) is 31.5 Å². The van der Waals surface area contributed by atoms with Crippen LogP contribution in [0.3, 0.4) is 0 Å². The van der Waals surface area contributed by atoms with Crippen LogP contribution in [0, 0.1) is 6.92 Å². The molecule has 2 N–H and O–H groups in total. The lowest BCUT2D eigenvalue weighted by Gasteiger charge is -2.15. The van der Waals surface area contributed by atoms with Crippen molar-refractivity contribution >= 4 is 11.9 Å². The average Bonchev–Trinajstić information content (AvgIpc) is 2.47. The number of aromatic carboxylic acids is 1. The molecule has 2 aromatic carbocycles. The van der Waals surface area contributed by atoms with Crippen LogP contribution in [0.5, 0.6) is 0 Å². The molecule has 2 rings (SSSR count). The summed E-state index contributed by atoms with van der Waals surface area (Å²) >= 11 is 0. The molecule has 0 saturated heterocycles. The van der Waals surface area contributed by atoms with Crippen LogP contribution in [-0.4, -0.2) is 17.0 Å². The molecule has 0 saturated carbocycles. The predicted octanol–water partition coefficient (Wildman–Crippen LogP) is 3.18. The third-order valence-electron chi connectivity index (χ3n) is 3.29. The molecule has 0 bridgehead atoms. The minimum atomic E-state index is -1.11. The molecule has 0 fully saturated rings. The molecule has 0 radical (unpaired) electrons. The quantitative estimate of drug-likeness (QED) is 0.905. The molecule has 21 heavy (non-hydrogen) atoms. The monoisotopic (exact) mass is 283 g/mol. The summed E-state index contributed by atoms with van der Waals surface area (Å²) in [6.45, 7) is 3.85. The molecule has 1 atom stereocenters. The number of carboxylic acid groups (broad SMARTS) is 1. The molecule has 0 aliphatic carbocycles. The van der Waals surface area contributed by atoms with Gasteiger partial charge in [0, 0.05) is 0 Å². The number of rotatable bonds is 4. The van der Waals surface area contributed by atoms with Crippen LogP contribution in [0.2, 0.25) is 0 Å². The first-order valence-corrected chi connectivity index (χ1v) is 6.69. The summed E-state index contributed by atoms with van der Waals surface area (Å²) in [5.74, 6) is -1.49. The lowest BCUT2D eigenvalue weighted by molar-refractivity contribution is 0.0690. The van der Waals surface area contributed by atoms with Gasteiger partial charge in [-0.15, -0.1) is 0 Å². The molecule has 0 spiro atoms. The van der Waals surface area contributed by atoms with Gasteiger partial charge in [-0.1, -0.05) is 42.0 Å². The maximum atomic E-state index is 12.3. The Morgan fingerprint density at radius 1 is 1.05 bits per heavy atom. The van der Waals surface area contributed by atoms with Gasteiger partial charge in [-0.2, -0.15) is 0 Å². The minimum Gasteiger partial charge on any atom is -0.478 e. The molecule has 0 aliphatic heterocycles. The second-order valence-electron chi connectivity index (χ2n) is 4.96. The first kappa shape index (κ1) is 14.8. The Morgan fingerprint density at radius 2 is 1.71 bits per heavy atom. The van der Waals surface area contributed by atoms with E-state index >= 15 is 0 Å². The summed E-state index contributed by atoms with van der Waals surface area (Å²) in [5.41, 5.74) is 2.27. The standard InChI is InChI=1S/C17H17NO3/c1-11-6-5-7-13(10-11)12(2)18-16(19)14-8-3-4-9-15(14)17(20)21/h3-10,12H,1-2H3,(H,18,19)(H,20,21)/t12-/m1/s1. The fraction of sp³-hybridized carbons (Fsp3) is 0.176. The van der Waals surface area contributed by atoms with Crippen LogP contribution in [0.25, 0.3) is 0 Å². The SMILES string of the molecule is Cc1cccc([C@@H](C)NC(=O)c2ccccc2C(=O)O)c1. The van der Waals surface area contributed by atoms with Crippen LogP contribution in [0.1, 0.15) is 44.8 Å². The van der Waals surface area contributed by atoms with E-state index in [0.717, 1.165) is 11.1 Å². The van der Waals surface area contributed by atoms with E-state index < -0.39 is 5.97 Å². The lowest BCUT2D eigenvalue weighted by atomic mass is 10.0. The Morgan fingerprint density at radius 3 is 2.33 bits per heavy atom. The summed E-state index contributed by atoms with van der Waals surface area (Å²) in [6.07, 6.45) is 0. The van der Waals surface area contributed by atoms with Gasteiger partial charge in [0.05, 0.1) is 17.2 Å². The number of hydrogen-bond acceptors (Lipinski definition) is 2. The number of nitrogens with one attached hydrogen (secondary N) is 1. The van der Waals surface area contributed by atoms with Crippen molar-refractivity contribution in [1.29, 1.82) is 0 Å². The highest BCUT2D eigenvalue weighted by atomic mass is 16.4. The van der Waals surface area contributed by atoms with Gasteiger partial charge in [0.1, 0.15) is 0 Å². The number of carbonyl (C=O) groups is 2. The smallest absolute Gasteiger partial charge is 0.336 e. The van der Waals surface area contributed by atoms with Gasteiger partial charge < -0.3 is 10.4 Å². The Bertz CT molecular complexity index is 679.